The van der Waals surface area contributed by atoms with Gasteiger partial charge in [-0.15, -0.1) is 10.2 Å². The molecule has 1 heterocycles. The van der Waals surface area contributed by atoms with Gasteiger partial charge in [0.05, 0.1) is 12.4 Å². The van der Waals surface area contributed by atoms with E-state index in [9.17, 15) is 4.79 Å². The molecule has 124 valence electrons. The predicted molar refractivity (Wildman–Crippen MR) is 92.8 cm³/mol. The molecule has 0 atom stereocenters. The Hall–Kier alpha value is -2.02. The standard InChI is InChI=1S/C16H22N4O2S/c1-5-20-15(12-7-9-13(10-8-12)19(3)4)17-18-16(20)23-11-14(21)22-6-2/h7-10H,5-6,11H2,1-4H3. The Morgan fingerprint density at radius 2 is 1.91 bits per heavy atom. The molecule has 0 radical (unpaired) electrons. The number of ether oxygens (including phenoxy) is 1. The highest BCUT2D eigenvalue weighted by molar-refractivity contribution is 7.99. The number of carbonyl (C=O) groups excluding carboxylic acids is 1. The number of thioether (sulfide) groups is 1. The summed E-state index contributed by atoms with van der Waals surface area (Å²) in [6, 6.07) is 8.17. The highest BCUT2D eigenvalue weighted by Gasteiger charge is 2.15. The van der Waals surface area contributed by atoms with Crippen molar-refractivity contribution in [2.75, 3.05) is 31.4 Å². The van der Waals surface area contributed by atoms with E-state index >= 15 is 0 Å². The summed E-state index contributed by atoms with van der Waals surface area (Å²) in [7, 11) is 4.02. The van der Waals surface area contributed by atoms with E-state index in [4.69, 9.17) is 4.74 Å². The zero-order valence-electron chi connectivity index (χ0n) is 13.9. The summed E-state index contributed by atoms with van der Waals surface area (Å²) in [6.07, 6.45) is 0. The molecule has 0 aliphatic rings. The molecule has 7 heteroatoms. The largest absolute Gasteiger partial charge is 0.465 e. The first-order chi connectivity index (χ1) is 11.1. The summed E-state index contributed by atoms with van der Waals surface area (Å²) in [5, 5.41) is 9.22. The molecule has 1 aromatic carbocycles. The van der Waals surface area contributed by atoms with E-state index in [0.717, 1.165) is 28.8 Å². The minimum absolute atomic E-state index is 0.236. The van der Waals surface area contributed by atoms with Crippen LogP contribution in [-0.2, 0) is 16.1 Å². The normalized spacial score (nSPS) is 10.6. The maximum absolute atomic E-state index is 11.5. The molecular formula is C16H22N4O2S. The second-order valence-corrected chi connectivity index (χ2v) is 6.03. The van der Waals surface area contributed by atoms with Crippen molar-refractivity contribution in [2.24, 2.45) is 0 Å². The van der Waals surface area contributed by atoms with Gasteiger partial charge in [-0.3, -0.25) is 4.79 Å². The van der Waals surface area contributed by atoms with Gasteiger partial charge in [-0.05, 0) is 38.1 Å². The van der Waals surface area contributed by atoms with Gasteiger partial charge in [0.1, 0.15) is 0 Å². The number of anilines is 1. The first kappa shape index (κ1) is 17.3. The molecule has 0 N–H and O–H groups in total. The van der Waals surface area contributed by atoms with E-state index in [-0.39, 0.29) is 11.7 Å². The molecule has 0 unspecified atom stereocenters. The highest BCUT2D eigenvalue weighted by atomic mass is 32.2. The van der Waals surface area contributed by atoms with E-state index < -0.39 is 0 Å². The van der Waals surface area contributed by atoms with Crippen molar-refractivity contribution in [3.8, 4) is 11.4 Å². The van der Waals surface area contributed by atoms with Gasteiger partial charge in [0, 0.05) is 31.9 Å². The minimum atomic E-state index is -0.236. The fourth-order valence-corrected chi connectivity index (χ4v) is 2.93. The van der Waals surface area contributed by atoms with Crippen molar-refractivity contribution in [3.63, 3.8) is 0 Å². The molecule has 0 saturated carbocycles. The lowest BCUT2D eigenvalue weighted by atomic mass is 10.2. The Morgan fingerprint density at radius 3 is 2.48 bits per heavy atom. The molecule has 6 nitrogen and oxygen atoms in total. The van der Waals surface area contributed by atoms with Crippen LogP contribution >= 0.6 is 11.8 Å². The second kappa shape index (κ2) is 8.01. The Bertz CT molecular complexity index is 653. The monoisotopic (exact) mass is 334 g/mol. The third kappa shape index (κ3) is 4.25. The van der Waals surface area contributed by atoms with Crippen LogP contribution in [0.3, 0.4) is 0 Å². The van der Waals surface area contributed by atoms with Crippen LogP contribution < -0.4 is 4.90 Å². The third-order valence-electron chi connectivity index (χ3n) is 3.30. The number of esters is 1. The topological polar surface area (TPSA) is 60.2 Å². The summed E-state index contributed by atoms with van der Waals surface area (Å²) < 4.78 is 6.95. The number of nitrogens with zero attached hydrogens (tertiary/aromatic N) is 4. The van der Waals surface area contributed by atoms with Gasteiger partial charge in [0.2, 0.25) is 0 Å². The maximum Gasteiger partial charge on any atom is 0.316 e. The van der Waals surface area contributed by atoms with Gasteiger partial charge < -0.3 is 14.2 Å². The van der Waals surface area contributed by atoms with E-state index in [2.05, 4.69) is 27.2 Å². The van der Waals surface area contributed by atoms with Gasteiger partial charge in [-0.25, -0.2) is 0 Å². The summed E-state index contributed by atoms with van der Waals surface area (Å²) in [5.41, 5.74) is 2.14. The fourth-order valence-electron chi connectivity index (χ4n) is 2.13. The van der Waals surface area contributed by atoms with E-state index in [1.54, 1.807) is 6.92 Å². The van der Waals surface area contributed by atoms with Crippen LogP contribution in [0.5, 0.6) is 0 Å². The Morgan fingerprint density at radius 1 is 1.22 bits per heavy atom. The van der Waals surface area contributed by atoms with Crippen LogP contribution in [0.2, 0.25) is 0 Å². The van der Waals surface area contributed by atoms with Gasteiger partial charge in [0.15, 0.2) is 11.0 Å². The quantitative estimate of drug-likeness (QED) is 0.573. The van der Waals surface area contributed by atoms with Gasteiger partial charge in [-0.1, -0.05) is 11.8 Å². The minimum Gasteiger partial charge on any atom is -0.465 e. The highest BCUT2D eigenvalue weighted by Crippen LogP contribution is 2.25. The van der Waals surface area contributed by atoms with Crippen LogP contribution in [0.25, 0.3) is 11.4 Å². The van der Waals surface area contributed by atoms with Crippen LogP contribution in [0, 0.1) is 0 Å². The van der Waals surface area contributed by atoms with Gasteiger partial charge in [-0.2, -0.15) is 0 Å². The zero-order valence-corrected chi connectivity index (χ0v) is 14.8. The molecule has 0 aliphatic heterocycles. The Kier molecular flexibility index (Phi) is 6.04. The van der Waals surface area contributed by atoms with Crippen molar-refractivity contribution in [2.45, 2.75) is 25.5 Å². The number of benzene rings is 1. The Labute approximate surface area is 140 Å². The van der Waals surface area contributed by atoms with Crippen molar-refractivity contribution in [1.82, 2.24) is 14.8 Å². The molecule has 0 saturated heterocycles. The molecule has 2 aromatic rings. The zero-order chi connectivity index (χ0) is 16.8. The summed E-state index contributed by atoms with van der Waals surface area (Å²) >= 11 is 1.35. The van der Waals surface area contributed by atoms with Crippen molar-refractivity contribution >= 4 is 23.4 Å². The number of hydrogen-bond acceptors (Lipinski definition) is 6. The number of rotatable bonds is 7. The predicted octanol–water partition coefficient (Wildman–Crippen LogP) is 2.69. The molecular weight excluding hydrogens is 312 g/mol. The van der Waals surface area contributed by atoms with Crippen LogP contribution in [0.4, 0.5) is 5.69 Å². The van der Waals surface area contributed by atoms with E-state index in [1.165, 1.54) is 11.8 Å². The molecule has 0 spiro atoms. The van der Waals surface area contributed by atoms with Crippen LogP contribution in [0.15, 0.2) is 29.4 Å². The van der Waals surface area contributed by atoms with Crippen LogP contribution in [-0.4, -0.2) is 47.2 Å². The van der Waals surface area contributed by atoms with E-state index in [0.29, 0.717) is 6.61 Å². The molecule has 0 amide bonds. The van der Waals surface area contributed by atoms with Gasteiger partial charge >= 0.3 is 5.97 Å². The molecule has 23 heavy (non-hydrogen) atoms. The third-order valence-corrected chi connectivity index (χ3v) is 4.24. The first-order valence-electron chi connectivity index (χ1n) is 7.56. The molecule has 0 aliphatic carbocycles. The first-order valence-corrected chi connectivity index (χ1v) is 8.54. The maximum atomic E-state index is 11.5. The van der Waals surface area contributed by atoms with Crippen molar-refractivity contribution in [3.05, 3.63) is 24.3 Å². The second-order valence-electron chi connectivity index (χ2n) is 5.09. The summed E-state index contributed by atoms with van der Waals surface area (Å²) in [4.78, 5) is 13.5. The average Bonchev–Trinajstić information content (AvgIpc) is 2.96. The lowest BCUT2D eigenvalue weighted by Crippen LogP contribution is -2.08. The lowest BCUT2D eigenvalue weighted by molar-refractivity contribution is -0.139. The molecule has 0 bridgehead atoms. The molecule has 0 fully saturated rings. The van der Waals surface area contributed by atoms with Gasteiger partial charge in [0.25, 0.3) is 0 Å². The lowest BCUT2D eigenvalue weighted by Gasteiger charge is -2.13. The van der Waals surface area contributed by atoms with Crippen molar-refractivity contribution in [1.29, 1.82) is 0 Å². The average molecular weight is 334 g/mol. The number of aromatic nitrogens is 3. The van der Waals surface area contributed by atoms with Crippen LogP contribution in [0.1, 0.15) is 13.8 Å². The summed E-state index contributed by atoms with van der Waals surface area (Å²) in [6.45, 7) is 4.97. The smallest absolute Gasteiger partial charge is 0.316 e. The number of carbonyl (C=O) groups is 1. The SMILES string of the molecule is CCOC(=O)CSc1nnc(-c2ccc(N(C)C)cc2)n1CC. The Balaban J connectivity index is 2.18. The van der Waals surface area contributed by atoms with E-state index in [1.807, 2.05) is 37.7 Å². The van der Waals surface area contributed by atoms with Crippen molar-refractivity contribution < 1.29 is 9.53 Å². The molecule has 2 rings (SSSR count). The number of hydrogen-bond donors (Lipinski definition) is 0. The molecule has 1 aromatic heterocycles. The fraction of sp³-hybridized carbons (Fsp3) is 0.438. The summed E-state index contributed by atoms with van der Waals surface area (Å²) in [5.74, 6) is 0.815.